The molecule has 2 aromatic carbocycles. The van der Waals surface area contributed by atoms with Gasteiger partial charge in [0.05, 0.1) is 13.5 Å². The molecule has 5 nitrogen and oxygen atoms in total. The van der Waals surface area contributed by atoms with Crippen molar-refractivity contribution >= 4 is 23.2 Å². The topological polar surface area (TPSA) is 62.1 Å². The summed E-state index contributed by atoms with van der Waals surface area (Å²) < 4.78 is 5.12. The third-order valence-electron chi connectivity index (χ3n) is 4.18. The number of amides is 1. The van der Waals surface area contributed by atoms with E-state index in [1.807, 2.05) is 12.1 Å². The summed E-state index contributed by atoms with van der Waals surface area (Å²) in [5, 5.41) is 17.1. The van der Waals surface area contributed by atoms with Gasteiger partial charge in [0.2, 0.25) is 5.91 Å². The smallest absolute Gasteiger partial charge is 0.250 e. The lowest BCUT2D eigenvalue weighted by atomic mass is 9.97. The van der Waals surface area contributed by atoms with Crippen LogP contribution in [0.2, 0.25) is 5.02 Å². The van der Waals surface area contributed by atoms with Gasteiger partial charge in [-0.15, -0.1) is 0 Å². The predicted molar refractivity (Wildman–Crippen MR) is 96.6 cm³/mol. The summed E-state index contributed by atoms with van der Waals surface area (Å²) in [5.41, 5.74) is 0.614. The van der Waals surface area contributed by atoms with E-state index < -0.39 is 5.72 Å². The number of hydrazone groups is 1. The number of nitrogens with zero attached hydrogens (tertiary/aromatic N) is 2. The van der Waals surface area contributed by atoms with Crippen LogP contribution in [0.5, 0.6) is 5.75 Å². The van der Waals surface area contributed by atoms with Crippen molar-refractivity contribution in [3.63, 3.8) is 0 Å². The second kappa shape index (κ2) is 6.86. The first kappa shape index (κ1) is 17.5. The molecule has 1 unspecified atom stereocenters. The summed E-state index contributed by atoms with van der Waals surface area (Å²) in [6.45, 7) is 1.79. The Kier molecular flexibility index (Phi) is 4.79. The van der Waals surface area contributed by atoms with Crippen molar-refractivity contribution < 1.29 is 14.6 Å². The standard InChI is InChI=1S/C19H19ClN2O3/c1-13-12-19(24,15-5-7-16(20)8-6-15)22(21-13)18(23)11-14-3-9-17(25-2)10-4-14/h3-10,24H,11-12H2,1-2H3. The van der Waals surface area contributed by atoms with E-state index in [0.29, 0.717) is 16.3 Å². The first-order valence-electron chi connectivity index (χ1n) is 7.91. The van der Waals surface area contributed by atoms with Crippen molar-refractivity contribution in [1.29, 1.82) is 0 Å². The normalized spacial score (nSPS) is 19.7. The summed E-state index contributed by atoms with van der Waals surface area (Å²) in [7, 11) is 1.59. The van der Waals surface area contributed by atoms with Gasteiger partial charge < -0.3 is 9.84 Å². The van der Waals surface area contributed by atoms with Crippen molar-refractivity contribution in [3.8, 4) is 5.75 Å². The summed E-state index contributed by atoms with van der Waals surface area (Å²) in [5.74, 6) is 0.448. The first-order chi connectivity index (χ1) is 11.9. The van der Waals surface area contributed by atoms with Gasteiger partial charge in [0, 0.05) is 22.7 Å². The highest BCUT2D eigenvalue weighted by Gasteiger charge is 2.44. The maximum Gasteiger partial charge on any atom is 0.250 e. The number of carbonyl (C=O) groups excluding carboxylic acids is 1. The van der Waals surface area contributed by atoms with Crippen LogP contribution < -0.4 is 4.74 Å². The maximum atomic E-state index is 12.8. The number of rotatable bonds is 4. The van der Waals surface area contributed by atoms with Gasteiger partial charge >= 0.3 is 0 Å². The lowest BCUT2D eigenvalue weighted by molar-refractivity contribution is -0.157. The van der Waals surface area contributed by atoms with Crippen LogP contribution in [0.3, 0.4) is 0 Å². The number of ether oxygens (including phenoxy) is 1. The molecule has 6 heteroatoms. The minimum absolute atomic E-state index is 0.136. The molecule has 1 N–H and O–H groups in total. The summed E-state index contributed by atoms with van der Waals surface area (Å²) >= 11 is 5.92. The molecule has 1 heterocycles. The molecule has 130 valence electrons. The number of hydrogen-bond acceptors (Lipinski definition) is 4. The van der Waals surface area contributed by atoms with E-state index in [1.165, 1.54) is 5.01 Å². The Balaban J connectivity index is 1.84. The third-order valence-corrected chi connectivity index (χ3v) is 4.43. The zero-order valence-corrected chi connectivity index (χ0v) is 14.8. The van der Waals surface area contributed by atoms with Crippen LogP contribution in [-0.2, 0) is 16.9 Å². The van der Waals surface area contributed by atoms with Gasteiger partial charge in [0.1, 0.15) is 5.75 Å². The fraction of sp³-hybridized carbons (Fsp3) is 0.263. The number of methoxy groups -OCH3 is 1. The van der Waals surface area contributed by atoms with E-state index in [2.05, 4.69) is 5.10 Å². The Morgan fingerprint density at radius 1 is 1.24 bits per heavy atom. The number of aliphatic hydroxyl groups is 1. The number of hydrogen-bond donors (Lipinski definition) is 1. The zero-order chi connectivity index (χ0) is 18.0. The summed E-state index contributed by atoms with van der Waals surface area (Å²) in [4.78, 5) is 12.8. The molecular formula is C19H19ClN2O3. The molecule has 1 atom stereocenters. The Bertz CT molecular complexity index is 802. The Morgan fingerprint density at radius 3 is 2.48 bits per heavy atom. The summed E-state index contributed by atoms with van der Waals surface area (Å²) in [6, 6.07) is 14.0. The monoisotopic (exact) mass is 358 g/mol. The van der Waals surface area contributed by atoms with Crippen LogP contribution in [0.4, 0.5) is 0 Å². The molecule has 0 saturated heterocycles. The average molecular weight is 359 g/mol. The van der Waals surface area contributed by atoms with Crippen LogP contribution in [0.1, 0.15) is 24.5 Å². The van der Waals surface area contributed by atoms with Gasteiger partial charge in [-0.05, 0) is 36.8 Å². The minimum atomic E-state index is -1.49. The van der Waals surface area contributed by atoms with Gasteiger partial charge in [-0.3, -0.25) is 4.79 Å². The van der Waals surface area contributed by atoms with Gasteiger partial charge in [-0.1, -0.05) is 35.9 Å². The Morgan fingerprint density at radius 2 is 1.88 bits per heavy atom. The number of halogens is 1. The van der Waals surface area contributed by atoms with Crippen LogP contribution in [0, 0.1) is 0 Å². The van der Waals surface area contributed by atoms with Crippen LogP contribution in [0.25, 0.3) is 0 Å². The minimum Gasteiger partial charge on any atom is -0.497 e. The SMILES string of the molecule is COc1ccc(CC(=O)N2N=C(C)CC2(O)c2ccc(Cl)cc2)cc1. The van der Waals surface area contributed by atoms with E-state index in [9.17, 15) is 9.90 Å². The molecule has 0 radical (unpaired) electrons. The quantitative estimate of drug-likeness (QED) is 0.911. The third kappa shape index (κ3) is 3.52. The molecule has 0 fully saturated rings. The van der Waals surface area contributed by atoms with Crippen LogP contribution >= 0.6 is 11.6 Å². The molecule has 1 aliphatic heterocycles. The molecule has 1 amide bonds. The molecule has 25 heavy (non-hydrogen) atoms. The first-order valence-corrected chi connectivity index (χ1v) is 8.28. The number of carbonyl (C=O) groups is 1. The molecular weight excluding hydrogens is 340 g/mol. The number of benzene rings is 2. The fourth-order valence-electron chi connectivity index (χ4n) is 2.92. The molecule has 0 aliphatic carbocycles. The van der Waals surface area contributed by atoms with Gasteiger partial charge in [-0.2, -0.15) is 10.1 Å². The van der Waals surface area contributed by atoms with Crippen molar-refractivity contribution in [1.82, 2.24) is 5.01 Å². The highest BCUT2D eigenvalue weighted by Crippen LogP contribution is 2.36. The fourth-order valence-corrected chi connectivity index (χ4v) is 3.04. The Hall–Kier alpha value is -2.37. The summed E-state index contributed by atoms with van der Waals surface area (Å²) in [6.07, 6.45) is 0.402. The van der Waals surface area contributed by atoms with Crippen LogP contribution in [0.15, 0.2) is 53.6 Å². The van der Waals surface area contributed by atoms with E-state index in [1.54, 1.807) is 50.4 Å². The molecule has 0 aromatic heterocycles. The Labute approximate surface area is 151 Å². The molecule has 0 bridgehead atoms. The lowest BCUT2D eigenvalue weighted by Crippen LogP contribution is -2.44. The molecule has 3 rings (SSSR count). The second-order valence-electron chi connectivity index (χ2n) is 6.07. The van der Waals surface area contributed by atoms with Gasteiger partial charge in [0.25, 0.3) is 0 Å². The molecule has 1 aliphatic rings. The average Bonchev–Trinajstić information content (AvgIpc) is 2.92. The zero-order valence-electron chi connectivity index (χ0n) is 14.1. The van der Waals surface area contributed by atoms with Gasteiger partial charge in [0.15, 0.2) is 5.72 Å². The van der Waals surface area contributed by atoms with Gasteiger partial charge in [-0.25, -0.2) is 0 Å². The largest absolute Gasteiger partial charge is 0.497 e. The van der Waals surface area contributed by atoms with Crippen molar-refractivity contribution in [3.05, 3.63) is 64.7 Å². The van der Waals surface area contributed by atoms with E-state index in [-0.39, 0.29) is 18.7 Å². The maximum absolute atomic E-state index is 12.8. The molecule has 2 aromatic rings. The van der Waals surface area contributed by atoms with Crippen molar-refractivity contribution in [2.45, 2.75) is 25.5 Å². The highest BCUT2D eigenvalue weighted by molar-refractivity contribution is 6.30. The van der Waals surface area contributed by atoms with Crippen LogP contribution in [-0.4, -0.2) is 28.8 Å². The van der Waals surface area contributed by atoms with E-state index >= 15 is 0 Å². The molecule has 0 spiro atoms. The lowest BCUT2D eigenvalue weighted by Gasteiger charge is -2.31. The van der Waals surface area contributed by atoms with Crippen molar-refractivity contribution in [2.24, 2.45) is 5.10 Å². The second-order valence-corrected chi connectivity index (χ2v) is 6.50. The van der Waals surface area contributed by atoms with E-state index in [0.717, 1.165) is 11.3 Å². The van der Waals surface area contributed by atoms with Crippen molar-refractivity contribution in [2.75, 3.05) is 7.11 Å². The predicted octanol–water partition coefficient (Wildman–Crippen LogP) is 3.34. The highest BCUT2D eigenvalue weighted by atomic mass is 35.5. The van der Waals surface area contributed by atoms with E-state index in [4.69, 9.17) is 16.3 Å². The molecule has 0 saturated carbocycles.